The molecule has 9 heteroatoms. The van der Waals surface area contributed by atoms with E-state index in [9.17, 15) is 13.2 Å². The molecular formula is C27H31N5O3S. The van der Waals surface area contributed by atoms with Crippen LogP contribution >= 0.6 is 0 Å². The van der Waals surface area contributed by atoms with Gasteiger partial charge in [-0.3, -0.25) is 4.79 Å². The molecule has 188 valence electrons. The molecule has 0 bridgehead atoms. The summed E-state index contributed by atoms with van der Waals surface area (Å²) in [6.45, 7) is 0.631. The normalized spacial score (nSPS) is 16.6. The zero-order valence-electron chi connectivity index (χ0n) is 20.4. The standard InChI is InChI=1S/C27H31N5O3S/c1-31-24-19-28-27(30-26(24)32(16-14-25(31)33)22-11-5-6-12-22)29-21-10-7-13-23(18-21)36(34,35)17-15-20-8-3-2-4-9-20/h2-4,7-10,13,18-19,22H,5-6,11-12,14-17H2,1H3,(H,28,29,30). The molecule has 0 radical (unpaired) electrons. The molecule has 36 heavy (non-hydrogen) atoms. The van der Waals surface area contributed by atoms with E-state index in [1.807, 2.05) is 30.3 Å². The topological polar surface area (TPSA) is 95.5 Å². The zero-order chi connectivity index (χ0) is 25.1. The van der Waals surface area contributed by atoms with Gasteiger partial charge in [-0.1, -0.05) is 49.2 Å². The van der Waals surface area contributed by atoms with Gasteiger partial charge in [-0.2, -0.15) is 4.98 Å². The van der Waals surface area contributed by atoms with E-state index >= 15 is 0 Å². The predicted octanol–water partition coefficient (Wildman–Crippen LogP) is 4.35. The number of amides is 1. The van der Waals surface area contributed by atoms with E-state index in [-0.39, 0.29) is 16.6 Å². The van der Waals surface area contributed by atoms with Gasteiger partial charge in [0, 0.05) is 31.7 Å². The van der Waals surface area contributed by atoms with Crippen molar-refractivity contribution >= 4 is 38.9 Å². The van der Waals surface area contributed by atoms with E-state index in [0.717, 1.165) is 24.2 Å². The maximum atomic E-state index is 13.0. The first-order valence-electron chi connectivity index (χ1n) is 12.4. The Labute approximate surface area is 212 Å². The smallest absolute Gasteiger partial charge is 0.229 e. The molecule has 5 rings (SSSR count). The van der Waals surface area contributed by atoms with Gasteiger partial charge in [-0.05, 0) is 43.0 Å². The highest BCUT2D eigenvalue weighted by molar-refractivity contribution is 7.91. The molecule has 1 aliphatic heterocycles. The van der Waals surface area contributed by atoms with Crippen molar-refractivity contribution in [2.24, 2.45) is 0 Å². The van der Waals surface area contributed by atoms with Crippen molar-refractivity contribution in [2.45, 2.75) is 49.5 Å². The molecule has 2 heterocycles. The first-order chi connectivity index (χ1) is 17.4. The average Bonchev–Trinajstić information content (AvgIpc) is 3.39. The Kier molecular flexibility index (Phi) is 6.91. The number of nitrogens with one attached hydrogen (secondary N) is 1. The summed E-state index contributed by atoms with van der Waals surface area (Å²) in [4.78, 5) is 26.0. The summed E-state index contributed by atoms with van der Waals surface area (Å²) in [6, 6.07) is 16.7. The van der Waals surface area contributed by atoms with E-state index < -0.39 is 9.84 Å². The number of nitrogens with zero attached hydrogens (tertiary/aromatic N) is 4. The second kappa shape index (κ2) is 10.3. The van der Waals surface area contributed by atoms with Crippen LogP contribution < -0.4 is 15.1 Å². The Hall–Kier alpha value is -3.46. The molecule has 1 amide bonds. The number of sulfone groups is 1. The number of hydrogen-bond donors (Lipinski definition) is 1. The predicted molar refractivity (Wildman–Crippen MR) is 142 cm³/mol. The van der Waals surface area contributed by atoms with E-state index in [1.165, 1.54) is 12.8 Å². The molecule has 1 saturated carbocycles. The van der Waals surface area contributed by atoms with Crippen LogP contribution in [0.25, 0.3) is 0 Å². The van der Waals surface area contributed by atoms with Gasteiger partial charge < -0.3 is 15.1 Å². The number of hydrogen-bond acceptors (Lipinski definition) is 7. The van der Waals surface area contributed by atoms with Crippen molar-refractivity contribution in [1.82, 2.24) is 9.97 Å². The van der Waals surface area contributed by atoms with E-state index in [2.05, 4.69) is 15.2 Å². The van der Waals surface area contributed by atoms with Crippen molar-refractivity contribution < 1.29 is 13.2 Å². The van der Waals surface area contributed by atoms with Crippen LogP contribution in [0.5, 0.6) is 0 Å². The van der Waals surface area contributed by atoms with Crippen molar-refractivity contribution in [2.75, 3.05) is 34.5 Å². The second-order valence-electron chi connectivity index (χ2n) is 9.44. The summed E-state index contributed by atoms with van der Waals surface area (Å²) in [5.41, 5.74) is 2.29. The summed E-state index contributed by atoms with van der Waals surface area (Å²) in [7, 11) is -1.70. The van der Waals surface area contributed by atoms with Gasteiger partial charge in [-0.25, -0.2) is 13.4 Å². The number of rotatable bonds is 7. The molecule has 2 aliphatic rings. The molecule has 0 unspecified atom stereocenters. The van der Waals surface area contributed by atoms with Gasteiger partial charge in [0.1, 0.15) is 5.69 Å². The molecule has 2 aromatic carbocycles. The number of aromatic nitrogens is 2. The first kappa shape index (κ1) is 24.2. The average molecular weight is 506 g/mol. The summed E-state index contributed by atoms with van der Waals surface area (Å²) in [5.74, 6) is 1.21. The van der Waals surface area contributed by atoms with Gasteiger partial charge in [0.2, 0.25) is 11.9 Å². The lowest BCUT2D eigenvalue weighted by atomic mass is 10.2. The van der Waals surface area contributed by atoms with Crippen LogP contribution in [-0.4, -0.2) is 49.7 Å². The van der Waals surface area contributed by atoms with Crippen molar-refractivity contribution in [3.05, 3.63) is 66.4 Å². The van der Waals surface area contributed by atoms with E-state index in [1.54, 1.807) is 42.4 Å². The van der Waals surface area contributed by atoms with Crippen LogP contribution in [0.4, 0.5) is 23.1 Å². The van der Waals surface area contributed by atoms with E-state index in [0.29, 0.717) is 42.8 Å². The summed E-state index contributed by atoms with van der Waals surface area (Å²) >= 11 is 0. The SMILES string of the molecule is CN1C(=O)CCN(C2CCCC2)c2nc(Nc3cccc(S(=O)(=O)CCc4ccccc4)c3)ncc21. The van der Waals surface area contributed by atoms with Crippen molar-refractivity contribution in [3.63, 3.8) is 0 Å². The molecule has 1 N–H and O–H groups in total. The fraction of sp³-hybridized carbons (Fsp3) is 0.370. The summed E-state index contributed by atoms with van der Waals surface area (Å²) in [6.07, 6.45) is 7.12. The minimum atomic E-state index is -3.46. The quantitative estimate of drug-likeness (QED) is 0.510. The summed E-state index contributed by atoms with van der Waals surface area (Å²) in [5, 5.41) is 3.18. The van der Waals surface area contributed by atoms with Crippen LogP contribution in [0.3, 0.4) is 0 Å². The molecule has 0 spiro atoms. The Morgan fingerprint density at radius 1 is 1.06 bits per heavy atom. The fourth-order valence-corrected chi connectivity index (χ4v) is 6.31. The van der Waals surface area contributed by atoms with Crippen LogP contribution in [0.15, 0.2) is 65.7 Å². The minimum Gasteiger partial charge on any atom is -0.351 e. The Bertz CT molecular complexity index is 1340. The molecule has 3 aromatic rings. The molecule has 1 aromatic heterocycles. The van der Waals surface area contributed by atoms with Crippen LogP contribution in [0.2, 0.25) is 0 Å². The van der Waals surface area contributed by atoms with Gasteiger partial charge in [-0.15, -0.1) is 0 Å². The largest absolute Gasteiger partial charge is 0.351 e. The molecule has 8 nitrogen and oxygen atoms in total. The zero-order valence-corrected chi connectivity index (χ0v) is 21.2. The number of aryl methyl sites for hydroxylation is 1. The fourth-order valence-electron chi connectivity index (χ4n) is 4.98. The number of anilines is 4. The number of carbonyl (C=O) groups is 1. The highest BCUT2D eigenvalue weighted by Gasteiger charge is 2.31. The lowest BCUT2D eigenvalue weighted by molar-refractivity contribution is -0.118. The third kappa shape index (κ3) is 5.21. The van der Waals surface area contributed by atoms with Gasteiger partial charge in [0.25, 0.3) is 0 Å². The summed E-state index contributed by atoms with van der Waals surface area (Å²) < 4.78 is 26.0. The van der Waals surface area contributed by atoms with Crippen molar-refractivity contribution in [3.8, 4) is 0 Å². The molecular weight excluding hydrogens is 474 g/mol. The second-order valence-corrected chi connectivity index (χ2v) is 11.6. The molecule has 0 saturated heterocycles. The Morgan fingerprint density at radius 2 is 1.83 bits per heavy atom. The maximum Gasteiger partial charge on any atom is 0.229 e. The molecule has 1 aliphatic carbocycles. The maximum absolute atomic E-state index is 13.0. The third-order valence-corrected chi connectivity index (χ3v) is 8.75. The minimum absolute atomic E-state index is 0.0342. The van der Waals surface area contributed by atoms with Crippen LogP contribution in [0.1, 0.15) is 37.7 Å². The highest BCUT2D eigenvalue weighted by atomic mass is 32.2. The van der Waals surface area contributed by atoms with Gasteiger partial charge in [0.15, 0.2) is 15.7 Å². The number of fused-ring (bicyclic) bond motifs is 1. The molecule has 0 atom stereocenters. The molecule has 1 fully saturated rings. The monoisotopic (exact) mass is 505 g/mol. The third-order valence-electron chi connectivity index (χ3n) is 7.04. The number of carbonyl (C=O) groups excluding carboxylic acids is 1. The van der Waals surface area contributed by atoms with Crippen molar-refractivity contribution in [1.29, 1.82) is 0 Å². The van der Waals surface area contributed by atoms with E-state index in [4.69, 9.17) is 4.98 Å². The lowest BCUT2D eigenvalue weighted by Gasteiger charge is -2.30. The van der Waals surface area contributed by atoms with Gasteiger partial charge in [0.05, 0.1) is 16.8 Å². The van der Waals surface area contributed by atoms with Crippen LogP contribution in [0, 0.1) is 0 Å². The highest BCUT2D eigenvalue weighted by Crippen LogP contribution is 2.36. The Balaban J connectivity index is 1.38. The lowest BCUT2D eigenvalue weighted by Crippen LogP contribution is -2.34. The van der Waals surface area contributed by atoms with Crippen LogP contribution in [-0.2, 0) is 21.1 Å². The van der Waals surface area contributed by atoms with Gasteiger partial charge >= 0.3 is 0 Å². The number of benzene rings is 2. The first-order valence-corrected chi connectivity index (χ1v) is 14.1. The Morgan fingerprint density at radius 3 is 2.61 bits per heavy atom.